The molecule has 0 amide bonds. The van der Waals surface area contributed by atoms with Crippen molar-refractivity contribution in [3.8, 4) is 11.3 Å². The first-order valence-electron chi connectivity index (χ1n) is 5.15. The van der Waals surface area contributed by atoms with Crippen LogP contribution in [0.25, 0.3) is 11.3 Å². The Bertz CT molecular complexity index is 657. The number of nitrogens with zero attached hydrogens (tertiary/aromatic N) is 1. The van der Waals surface area contributed by atoms with Crippen molar-refractivity contribution in [2.75, 3.05) is 7.11 Å². The van der Waals surface area contributed by atoms with Crippen molar-refractivity contribution < 1.29 is 18.4 Å². The normalized spacial score (nSPS) is 10.6. The second-order valence-electron chi connectivity index (χ2n) is 3.67. The number of benzene rings is 1. The van der Waals surface area contributed by atoms with Gasteiger partial charge in [-0.1, -0.05) is 16.8 Å². The molecule has 1 aromatic heterocycles. The van der Waals surface area contributed by atoms with Gasteiger partial charge in [0.15, 0.2) is 0 Å². The molecular weight excluding hydrogens is 340 g/mol. The highest BCUT2D eigenvalue weighted by Gasteiger charge is 2.26. The van der Waals surface area contributed by atoms with Crippen molar-refractivity contribution >= 4 is 33.5 Å². The van der Waals surface area contributed by atoms with Crippen LogP contribution in [0.5, 0.6) is 0 Å². The van der Waals surface area contributed by atoms with Crippen molar-refractivity contribution in [2.45, 2.75) is 6.92 Å². The molecule has 0 radical (unpaired) electrons. The molecule has 2 rings (SSSR count). The molecule has 0 spiro atoms. The van der Waals surface area contributed by atoms with Gasteiger partial charge in [0.2, 0.25) is 0 Å². The highest BCUT2D eigenvalue weighted by Crippen LogP contribution is 2.37. The van der Waals surface area contributed by atoms with Crippen molar-refractivity contribution in [1.29, 1.82) is 0 Å². The van der Waals surface area contributed by atoms with E-state index < -0.39 is 11.8 Å². The molecule has 4 nitrogen and oxygen atoms in total. The standard InChI is InChI=1S/C12H8BrClFNO3/c1-5-8(12(17)18-2)11(16-19-5)9-7(15)4-3-6(14)10(9)13/h3-4H,1-2H3. The van der Waals surface area contributed by atoms with Gasteiger partial charge in [-0.05, 0) is 35.0 Å². The van der Waals surface area contributed by atoms with Crippen LogP contribution in [-0.2, 0) is 4.74 Å². The lowest BCUT2D eigenvalue weighted by Gasteiger charge is -2.06. The number of ether oxygens (including phenoxy) is 1. The van der Waals surface area contributed by atoms with Gasteiger partial charge in [-0.3, -0.25) is 0 Å². The third-order valence-electron chi connectivity index (χ3n) is 2.53. The summed E-state index contributed by atoms with van der Waals surface area (Å²) >= 11 is 9.10. The highest BCUT2D eigenvalue weighted by molar-refractivity contribution is 9.10. The lowest BCUT2D eigenvalue weighted by atomic mass is 10.1. The average molecular weight is 349 g/mol. The number of methoxy groups -OCH3 is 1. The van der Waals surface area contributed by atoms with Crippen LogP contribution < -0.4 is 0 Å². The van der Waals surface area contributed by atoms with Crippen LogP contribution in [0, 0.1) is 12.7 Å². The Labute approximate surface area is 121 Å². The molecule has 19 heavy (non-hydrogen) atoms. The molecule has 0 saturated heterocycles. The van der Waals surface area contributed by atoms with Gasteiger partial charge in [-0.15, -0.1) is 0 Å². The Morgan fingerprint density at radius 3 is 2.84 bits per heavy atom. The maximum atomic E-state index is 14.0. The summed E-state index contributed by atoms with van der Waals surface area (Å²) in [6.07, 6.45) is 0. The predicted molar refractivity (Wildman–Crippen MR) is 70.7 cm³/mol. The lowest BCUT2D eigenvalue weighted by Crippen LogP contribution is -2.04. The van der Waals surface area contributed by atoms with Crippen molar-refractivity contribution in [2.24, 2.45) is 0 Å². The highest BCUT2D eigenvalue weighted by atomic mass is 79.9. The molecule has 0 aliphatic heterocycles. The monoisotopic (exact) mass is 347 g/mol. The molecule has 7 heteroatoms. The van der Waals surface area contributed by atoms with E-state index in [0.29, 0.717) is 9.50 Å². The molecule has 0 bridgehead atoms. The molecule has 1 heterocycles. The van der Waals surface area contributed by atoms with E-state index in [2.05, 4.69) is 25.8 Å². The summed E-state index contributed by atoms with van der Waals surface area (Å²) in [6, 6.07) is 2.59. The van der Waals surface area contributed by atoms with E-state index in [0.717, 1.165) is 0 Å². The maximum Gasteiger partial charge on any atom is 0.343 e. The van der Waals surface area contributed by atoms with Crippen LogP contribution in [0.15, 0.2) is 21.1 Å². The van der Waals surface area contributed by atoms with Gasteiger partial charge in [0, 0.05) is 4.47 Å². The third-order valence-corrected chi connectivity index (χ3v) is 3.90. The Morgan fingerprint density at radius 2 is 2.21 bits per heavy atom. The molecule has 0 aliphatic rings. The second-order valence-corrected chi connectivity index (χ2v) is 4.87. The van der Waals surface area contributed by atoms with Crippen LogP contribution >= 0.6 is 27.5 Å². The fraction of sp³-hybridized carbons (Fsp3) is 0.167. The van der Waals surface area contributed by atoms with E-state index in [1.165, 1.54) is 19.2 Å². The van der Waals surface area contributed by atoms with Crippen LogP contribution in [-0.4, -0.2) is 18.2 Å². The zero-order chi connectivity index (χ0) is 14.2. The smallest absolute Gasteiger partial charge is 0.343 e. The van der Waals surface area contributed by atoms with E-state index in [1.54, 1.807) is 6.92 Å². The van der Waals surface area contributed by atoms with Crippen LogP contribution in [0.3, 0.4) is 0 Å². The molecule has 0 unspecified atom stereocenters. The SMILES string of the molecule is COC(=O)c1c(-c2c(F)ccc(Cl)c2Br)noc1C. The first-order chi connectivity index (χ1) is 8.97. The molecule has 100 valence electrons. The number of halogens is 3. The summed E-state index contributed by atoms with van der Waals surface area (Å²) < 4.78 is 23.8. The van der Waals surface area contributed by atoms with E-state index in [1.807, 2.05) is 0 Å². The minimum atomic E-state index is -0.653. The van der Waals surface area contributed by atoms with Gasteiger partial charge in [0.05, 0.1) is 17.7 Å². The van der Waals surface area contributed by atoms with E-state index in [-0.39, 0.29) is 22.6 Å². The predicted octanol–water partition coefficient (Wildman–Crippen LogP) is 3.99. The number of hydrogen-bond acceptors (Lipinski definition) is 4. The number of hydrogen-bond donors (Lipinski definition) is 0. The van der Waals surface area contributed by atoms with Crippen LogP contribution in [0.1, 0.15) is 16.1 Å². The molecule has 0 saturated carbocycles. The summed E-state index contributed by atoms with van der Waals surface area (Å²) in [7, 11) is 1.22. The number of esters is 1. The second kappa shape index (κ2) is 5.30. The number of carbonyl (C=O) groups is 1. The quantitative estimate of drug-likeness (QED) is 0.608. The van der Waals surface area contributed by atoms with Crippen LogP contribution in [0.4, 0.5) is 4.39 Å². The molecule has 2 aromatic rings. The Kier molecular flexibility index (Phi) is 3.91. The van der Waals surface area contributed by atoms with E-state index >= 15 is 0 Å². The maximum absolute atomic E-state index is 14.0. The average Bonchev–Trinajstić information content (AvgIpc) is 2.75. The van der Waals surface area contributed by atoms with Gasteiger partial charge >= 0.3 is 5.97 Å². The van der Waals surface area contributed by atoms with Gasteiger partial charge in [-0.2, -0.15) is 0 Å². The fourth-order valence-corrected chi connectivity index (χ4v) is 2.30. The molecule has 0 fully saturated rings. The van der Waals surface area contributed by atoms with E-state index in [9.17, 15) is 9.18 Å². The number of aromatic nitrogens is 1. The Morgan fingerprint density at radius 1 is 1.53 bits per heavy atom. The topological polar surface area (TPSA) is 52.3 Å². The van der Waals surface area contributed by atoms with Gasteiger partial charge in [0.25, 0.3) is 0 Å². The summed E-state index contributed by atoms with van der Waals surface area (Å²) in [5.74, 6) is -0.983. The lowest BCUT2D eigenvalue weighted by molar-refractivity contribution is 0.0599. The Balaban J connectivity index is 2.74. The fourth-order valence-electron chi connectivity index (χ4n) is 1.63. The van der Waals surface area contributed by atoms with Gasteiger partial charge < -0.3 is 9.26 Å². The molecule has 0 atom stereocenters. The minimum absolute atomic E-state index is 0.0521. The summed E-state index contributed by atoms with van der Waals surface area (Å²) in [6.45, 7) is 1.54. The zero-order valence-corrected chi connectivity index (χ0v) is 12.3. The summed E-state index contributed by atoms with van der Waals surface area (Å²) in [4.78, 5) is 11.7. The Hall–Kier alpha value is -1.40. The largest absolute Gasteiger partial charge is 0.465 e. The molecular formula is C12H8BrClFNO3. The van der Waals surface area contributed by atoms with Crippen molar-refractivity contribution in [1.82, 2.24) is 5.16 Å². The number of carbonyl (C=O) groups excluding carboxylic acids is 1. The van der Waals surface area contributed by atoms with E-state index in [4.69, 9.17) is 16.1 Å². The number of aryl methyl sites for hydroxylation is 1. The summed E-state index contributed by atoms with van der Waals surface area (Å²) in [5, 5.41) is 4.01. The number of rotatable bonds is 2. The third kappa shape index (κ3) is 2.37. The molecule has 0 N–H and O–H groups in total. The van der Waals surface area contributed by atoms with Gasteiger partial charge in [-0.25, -0.2) is 9.18 Å². The molecule has 1 aromatic carbocycles. The molecule has 0 aliphatic carbocycles. The van der Waals surface area contributed by atoms with Gasteiger partial charge in [0.1, 0.15) is 22.8 Å². The van der Waals surface area contributed by atoms with Crippen molar-refractivity contribution in [3.63, 3.8) is 0 Å². The van der Waals surface area contributed by atoms with Crippen molar-refractivity contribution in [3.05, 3.63) is 38.8 Å². The minimum Gasteiger partial charge on any atom is -0.465 e. The first kappa shape index (κ1) is 14.0. The first-order valence-corrected chi connectivity index (χ1v) is 6.33. The zero-order valence-electron chi connectivity index (χ0n) is 9.96. The summed E-state index contributed by atoms with van der Waals surface area (Å²) in [5.41, 5.74) is 0.186. The van der Waals surface area contributed by atoms with Crippen LogP contribution in [0.2, 0.25) is 5.02 Å².